The average Bonchev–Trinajstić information content (AvgIpc) is 2.62. The van der Waals surface area contributed by atoms with Gasteiger partial charge >= 0.3 is 29.6 Å². The molecule has 0 unspecified atom stereocenters. The van der Waals surface area contributed by atoms with Gasteiger partial charge in [0, 0.05) is 12.8 Å². The number of aliphatic carboxylic acids is 1. The van der Waals surface area contributed by atoms with E-state index in [9.17, 15) is 25.2 Å². The van der Waals surface area contributed by atoms with Crippen LogP contribution in [-0.2, 0) is 4.79 Å². The molecule has 3 N–H and O–H groups in total. The van der Waals surface area contributed by atoms with E-state index in [2.05, 4.69) is 0 Å². The monoisotopic (exact) mass is 379 g/mol. The molecule has 0 rings (SSSR count). The van der Waals surface area contributed by atoms with E-state index in [1.807, 2.05) is 0 Å². The number of carbonyl (C=O) groups excluding carboxylic acids is 1. The van der Waals surface area contributed by atoms with E-state index < -0.39 is 37.5 Å². The van der Waals surface area contributed by atoms with Crippen LogP contribution in [-0.4, -0.2) is 39.6 Å². The zero-order chi connectivity index (χ0) is 23.2. The molecule has 0 radical (unpaired) electrons. The maximum atomic E-state index is 10.3. The molecule has 0 bridgehead atoms. The topological polar surface area (TPSA) is 101 Å². The van der Waals surface area contributed by atoms with Crippen molar-refractivity contribution in [1.29, 1.82) is 0 Å². The summed E-state index contributed by atoms with van der Waals surface area (Å²) in [4.78, 5) is 10.3. The molecular formula is C20H31NaO5. The molecular weight excluding hydrogens is 343 g/mol. The molecule has 0 aliphatic rings. The SMILES string of the molecule is [2H]C([2H])([2H])C([2H])([2H])CCC[C@H](O)/C=C/C=C\C=C\C=C\[C@@H](O)[C@@H](O)CCCC(=O)[O-].[Na+]. The predicted molar refractivity (Wildman–Crippen MR) is 97.6 cm³/mol. The Hall–Kier alpha value is -0.690. The summed E-state index contributed by atoms with van der Waals surface area (Å²) in [6.07, 6.45) is 7.94. The van der Waals surface area contributed by atoms with Crippen molar-refractivity contribution in [3.8, 4) is 0 Å². The van der Waals surface area contributed by atoms with E-state index in [0.717, 1.165) is 0 Å². The molecule has 142 valence electrons. The first-order valence-electron chi connectivity index (χ1n) is 10.8. The van der Waals surface area contributed by atoms with Crippen molar-refractivity contribution in [2.24, 2.45) is 0 Å². The van der Waals surface area contributed by atoms with Crippen LogP contribution in [0.3, 0.4) is 0 Å². The Morgan fingerprint density at radius 3 is 2.23 bits per heavy atom. The Labute approximate surface area is 186 Å². The first kappa shape index (κ1) is 18.7. The van der Waals surface area contributed by atoms with Crippen molar-refractivity contribution in [2.45, 2.75) is 70.1 Å². The number of carboxylic acids is 1. The molecule has 5 nitrogen and oxygen atoms in total. The van der Waals surface area contributed by atoms with E-state index in [1.165, 1.54) is 18.2 Å². The molecule has 0 aromatic carbocycles. The largest absolute Gasteiger partial charge is 1.00 e. The van der Waals surface area contributed by atoms with E-state index in [4.69, 9.17) is 6.85 Å². The maximum absolute atomic E-state index is 10.3. The first-order chi connectivity index (χ1) is 13.9. The summed E-state index contributed by atoms with van der Waals surface area (Å²) >= 11 is 0. The van der Waals surface area contributed by atoms with Gasteiger partial charge in [-0.3, -0.25) is 0 Å². The Balaban J connectivity index is 0. The molecule has 0 aromatic heterocycles. The Morgan fingerprint density at radius 1 is 1.00 bits per heavy atom. The average molecular weight is 379 g/mol. The van der Waals surface area contributed by atoms with Crippen molar-refractivity contribution in [1.82, 2.24) is 0 Å². The molecule has 0 amide bonds. The number of carboxylic acid groups (broad SMARTS) is 1. The van der Waals surface area contributed by atoms with Gasteiger partial charge in [-0.05, 0) is 25.7 Å². The zero-order valence-electron chi connectivity index (χ0n) is 20.3. The van der Waals surface area contributed by atoms with Gasteiger partial charge in [0.2, 0.25) is 0 Å². The number of aliphatic hydroxyl groups excluding tert-OH is 3. The van der Waals surface area contributed by atoms with Crippen LogP contribution in [0.5, 0.6) is 0 Å². The van der Waals surface area contributed by atoms with Crippen LogP contribution < -0.4 is 34.7 Å². The quantitative estimate of drug-likeness (QED) is 0.260. The van der Waals surface area contributed by atoms with Crippen LogP contribution in [0.25, 0.3) is 0 Å². The molecule has 0 saturated heterocycles. The molecule has 0 fully saturated rings. The molecule has 6 heteroatoms. The summed E-state index contributed by atoms with van der Waals surface area (Å²) in [6, 6.07) is 0. The van der Waals surface area contributed by atoms with Gasteiger partial charge in [-0.2, -0.15) is 0 Å². The standard InChI is InChI=1S/C20H32O5.Na/c1-2-3-8-12-17(21)13-9-6-4-5-7-10-14-18(22)19(23)15-11-16-20(24)25;/h4-7,9-10,13-14,17-19,21-23H,2-3,8,11-12,15-16H2,1H3,(H,24,25);/q;+1/p-1/b6-4-,7-5+,13-9+,14-10+;/t17-,18+,19-;/m0./s1/i1D3,2D2;. The Bertz CT molecular complexity index is 618. The van der Waals surface area contributed by atoms with Crippen LogP contribution in [0.2, 0.25) is 0 Å². The maximum Gasteiger partial charge on any atom is 1.00 e. The van der Waals surface area contributed by atoms with Crippen molar-refractivity contribution >= 4 is 5.97 Å². The van der Waals surface area contributed by atoms with Gasteiger partial charge in [-0.1, -0.05) is 74.7 Å². The molecule has 0 aliphatic carbocycles. The number of rotatable bonds is 14. The van der Waals surface area contributed by atoms with E-state index in [0.29, 0.717) is 0 Å². The summed E-state index contributed by atoms with van der Waals surface area (Å²) in [5, 5.41) is 39.5. The van der Waals surface area contributed by atoms with E-state index in [-0.39, 0.29) is 68.1 Å². The molecule has 0 aliphatic heterocycles. The third-order valence-electron chi connectivity index (χ3n) is 3.27. The molecule has 3 atom stereocenters. The fourth-order valence-corrected chi connectivity index (χ4v) is 1.88. The van der Waals surface area contributed by atoms with Gasteiger partial charge in [-0.15, -0.1) is 0 Å². The second-order valence-electron chi connectivity index (χ2n) is 5.50. The summed E-state index contributed by atoms with van der Waals surface area (Å²) in [5.41, 5.74) is 0. The third-order valence-corrected chi connectivity index (χ3v) is 3.27. The molecule has 26 heavy (non-hydrogen) atoms. The van der Waals surface area contributed by atoms with Crippen LogP contribution in [0.4, 0.5) is 0 Å². The van der Waals surface area contributed by atoms with Gasteiger partial charge in [0.15, 0.2) is 0 Å². The van der Waals surface area contributed by atoms with Crippen molar-refractivity contribution in [2.75, 3.05) is 0 Å². The number of hydrogen-bond acceptors (Lipinski definition) is 5. The number of carbonyl (C=O) groups is 1. The normalized spacial score (nSPS) is 19.6. The van der Waals surface area contributed by atoms with E-state index in [1.54, 1.807) is 30.4 Å². The molecule has 0 saturated carbocycles. The van der Waals surface area contributed by atoms with Crippen molar-refractivity contribution in [3.63, 3.8) is 0 Å². The molecule has 0 aromatic rings. The van der Waals surface area contributed by atoms with Crippen molar-refractivity contribution < 1.29 is 61.6 Å². The molecule has 0 spiro atoms. The van der Waals surface area contributed by atoms with Gasteiger partial charge < -0.3 is 25.2 Å². The zero-order valence-corrected chi connectivity index (χ0v) is 17.3. The minimum Gasteiger partial charge on any atom is -0.550 e. The smallest absolute Gasteiger partial charge is 0.550 e. The summed E-state index contributed by atoms with van der Waals surface area (Å²) in [7, 11) is 0. The van der Waals surface area contributed by atoms with Crippen molar-refractivity contribution in [3.05, 3.63) is 48.6 Å². The summed E-state index contributed by atoms with van der Waals surface area (Å²) in [5.74, 6) is -1.19. The predicted octanol–water partition coefficient (Wildman–Crippen LogP) is -1.20. The third kappa shape index (κ3) is 18.1. The van der Waals surface area contributed by atoms with E-state index >= 15 is 0 Å². The summed E-state index contributed by atoms with van der Waals surface area (Å²) in [6.45, 7) is -2.68. The van der Waals surface area contributed by atoms with Gasteiger partial charge in [-0.25, -0.2) is 0 Å². The number of hydrogen-bond donors (Lipinski definition) is 3. The fraction of sp³-hybridized carbons (Fsp3) is 0.550. The van der Waals surface area contributed by atoms with Gasteiger partial charge in [0.1, 0.15) is 0 Å². The first-order valence-corrected chi connectivity index (χ1v) is 8.29. The van der Waals surface area contributed by atoms with Crippen LogP contribution >= 0.6 is 0 Å². The van der Waals surface area contributed by atoms with Crippen LogP contribution in [0.1, 0.15) is 58.6 Å². The minimum absolute atomic E-state index is 0. The van der Waals surface area contributed by atoms with Crippen LogP contribution in [0.15, 0.2) is 48.6 Å². The number of allylic oxidation sites excluding steroid dienone is 6. The number of aliphatic hydroxyl groups is 3. The van der Waals surface area contributed by atoms with Gasteiger partial charge in [0.05, 0.1) is 18.3 Å². The summed E-state index contributed by atoms with van der Waals surface area (Å²) < 4.78 is 36.4. The minimum atomic E-state index is -2.68. The van der Waals surface area contributed by atoms with Gasteiger partial charge in [0.25, 0.3) is 0 Å². The fourth-order valence-electron chi connectivity index (χ4n) is 1.88. The molecule has 0 heterocycles. The van der Waals surface area contributed by atoms with Crippen LogP contribution in [0, 0.1) is 0 Å². The Kier molecular flexibility index (Phi) is 13.7. The Morgan fingerprint density at radius 2 is 1.62 bits per heavy atom. The second kappa shape index (κ2) is 19.1. The second-order valence-corrected chi connectivity index (χ2v) is 5.50.